The minimum absolute atomic E-state index is 0.0577. The van der Waals surface area contributed by atoms with E-state index < -0.39 is 6.10 Å². The fourth-order valence-corrected chi connectivity index (χ4v) is 2.67. The van der Waals surface area contributed by atoms with E-state index in [1.54, 1.807) is 0 Å². The van der Waals surface area contributed by atoms with Gasteiger partial charge in [0, 0.05) is 0 Å². The van der Waals surface area contributed by atoms with Gasteiger partial charge in [0.1, 0.15) is 11.6 Å². The first kappa shape index (κ1) is 19.0. The number of ether oxygens (including phenoxy) is 1. The SMILES string of the molecule is CCC(Oc1ccc(F)cc1)C(=O)NC(CC)c1ccc(C)c(C)c1. The fourth-order valence-electron chi connectivity index (χ4n) is 2.67. The molecule has 0 radical (unpaired) electrons. The summed E-state index contributed by atoms with van der Waals surface area (Å²) in [4.78, 5) is 12.6. The van der Waals surface area contributed by atoms with Gasteiger partial charge in [-0.15, -0.1) is 0 Å². The smallest absolute Gasteiger partial charge is 0.261 e. The maximum Gasteiger partial charge on any atom is 0.261 e. The van der Waals surface area contributed by atoms with Crippen LogP contribution in [-0.4, -0.2) is 12.0 Å². The molecular formula is C21H26FNO2. The Labute approximate surface area is 149 Å². The standard InChI is InChI=1S/C21H26FNO2/c1-5-19(16-8-7-14(3)15(4)13-16)23-21(24)20(6-2)25-18-11-9-17(22)10-12-18/h7-13,19-20H,5-6H2,1-4H3,(H,23,24). The maximum absolute atomic E-state index is 13.0. The molecule has 0 saturated heterocycles. The van der Waals surface area contributed by atoms with Crippen molar-refractivity contribution < 1.29 is 13.9 Å². The van der Waals surface area contributed by atoms with Crippen molar-refractivity contribution in [1.82, 2.24) is 5.32 Å². The molecule has 2 aromatic carbocycles. The molecule has 1 N–H and O–H groups in total. The first-order chi connectivity index (χ1) is 11.9. The van der Waals surface area contributed by atoms with Crippen LogP contribution in [0.3, 0.4) is 0 Å². The van der Waals surface area contributed by atoms with Gasteiger partial charge in [0.25, 0.3) is 5.91 Å². The van der Waals surface area contributed by atoms with Gasteiger partial charge in [0.15, 0.2) is 6.10 Å². The van der Waals surface area contributed by atoms with Crippen LogP contribution in [0.1, 0.15) is 49.4 Å². The van der Waals surface area contributed by atoms with Gasteiger partial charge in [-0.3, -0.25) is 4.79 Å². The third-order valence-corrected chi connectivity index (χ3v) is 4.41. The molecule has 2 unspecified atom stereocenters. The van der Waals surface area contributed by atoms with Gasteiger partial charge in [-0.2, -0.15) is 0 Å². The summed E-state index contributed by atoms with van der Waals surface area (Å²) in [6, 6.07) is 11.9. The van der Waals surface area contributed by atoms with E-state index >= 15 is 0 Å². The summed E-state index contributed by atoms with van der Waals surface area (Å²) >= 11 is 0. The van der Waals surface area contributed by atoms with E-state index in [-0.39, 0.29) is 17.8 Å². The number of rotatable bonds is 7. The zero-order valence-corrected chi connectivity index (χ0v) is 15.3. The van der Waals surface area contributed by atoms with Gasteiger partial charge in [-0.25, -0.2) is 4.39 Å². The first-order valence-corrected chi connectivity index (χ1v) is 8.74. The van der Waals surface area contributed by atoms with Crippen LogP contribution in [0, 0.1) is 19.7 Å². The monoisotopic (exact) mass is 343 g/mol. The van der Waals surface area contributed by atoms with Gasteiger partial charge in [0.05, 0.1) is 6.04 Å². The Balaban J connectivity index is 2.08. The fraction of sp³-hybridized carbons (Fsp3) is 0.381. The molecule has 0 aliphatic heterocycles. The van der Waals surface area contributed by atoms with E-state index in [1.165, 1.54) is 35.4 Å². The van der Waals surface area contributed by atoms with Crippen molar-refractivity contribution in [2.75, 3.05) is 0 Å². The lowest BCUT2D eigenvalue weighted by molar-refractivity contribution is -0.128. The molecule has 2 rings (SSSR count). The lowest BCUT2D eigenvalue weighted by atomic mass is 9.99. The highest BCUT2D eigenvalue weighted by Crippen LogP contribution is 2.21. The van der Waals surface area contributed by atoms with E-state index in [4.69, 9.17) is 4.74 Å². The number of carbonyl (C=O) groups excluding carboxylic acids is 1. The van der Waals surface area contributed by atoms with Crippen molar-refractivity contribution in [3.05, 3.63) is 65.0 Å². The molecule has 0 aliphatic carbocycles. The highest BCUT2D eigenvalue weighted by Gasteiger charge is 2.22. The molecule has 4 heteroatoms. The number of hydrogen-bond donors (Lipinski definition) is 1. The van der Waals surface area contributed by atoms with Crippen LogP contribution in [0.25, 0.3) is 0 Å². The summed E-state index contributed by atoms with van der Waals surface area (Å²) in [5.41, 5.74) is 3.53. The highest BCUT2D eigenvalue weighted by molar-refractivity contribution is 5.81. The molecule has 134 valence electrons. The van der Waals surface area contributed by atoms with Gasteiger partial charge in [0.2, 0.25) is 0 Å². The second-order valence-corrected chi connectivity index (χ2v) is 6.28. The Kier molecular flexibility index (Phi) is 6.57. The van der Waals surface area contributed by atoms with Gasteiger partial charge >= 0.3 is 0 Å². The third-order valence-electron chi connectivity index (χ3n) is 4.41. The molecule has 0 heterocycles. The minimum atomic E-state index is -0.606. The number of hydrogen-bond acceptors (Lipinski definition) is 2. The van der Waals surface area contributed by atoms with Crippen molar-refractivity contribution in [2.45, 2.75) is 52.7 Å². The van der Waals surface area contributed by atoms with Crippen molar-refractivity contribution >= 4 is 5.91 Å². The number of nitrogens with one attached hydrogen (secondary N) is 1. The van der Waals surface area contributed by atoms with E-state index in [0.717, 1.165) is 12.0 Å². The zero-order chi connectivity index (χ0) is 18.4. The highest BCUT2D eigenvalue weighted by atomic mass is 19.1. The van der Waals surface area contributed by atoms with E-state index in [9.17, 15) is 9.18 Å². The van der Waals surface area contributed by atoms with Crippen molar-refractivity contribution in [3.8, 4) is 5.75 Å². The molecule has 2 atom stereocenters. The topological polar surface area (TPSA) is 38.3 Å². The maximum atomic E-state index is 13.0. The number of aryl methyl sites for hydroxylation is 2. The number of benzene rings is 2. The van der Waals surface area contributed by atoms with Gasteiger partial charge in [-0.1, -0.05) is 32.0 Å². The Morgan fingerprint density at radius 1 is 1.04 bits per heavy atom. The Hall–Kier alpha value is -2.36. The predicted molar refractivity (Wildman–Crippen MR) is 98.2 cm³/mol. The number of carbonyl (C=O) groups is 1. The minimum Gasteiger partial charge on any atom is -0.481 e. The number of amides is 1. The van der Waals surface area contributed by atoms with Crippen LogP contribution in [0.2, 0.25) is 0 Å². The van der Waals surface area contributed by atoms with Crippen molar-refractivity contribution in [1.29, 1.82) is 0 Å². The molecular weight excluding hydrogens is 317 g/mol. The van der Waals surface area contributed by atoms with Crippen LogP contribution >= 0.6 is 0 Å². The van der Waals surface area contributed by atoms with Crippen LogP contribution in [0.5, 0.6) is 5.75 Å². The molecule has 0 fully saturated rings. The average molecular weight is 343 g/mol. The lowest BCUT2D eigenvalue weighted by Gasteiger charge is -2.23. The van der Waals surface area contributed by atoms with E-state index in [1.807, 2.05) is 13.8 Å². The third kappa shape index (κ3) is 5.05. The summed E-state index contributed by atoms with van der Waals surface area (Å²) in [5.74, 6) is 0.00479. The Morgan fingerprint density at radius 3 is 2.28 bits per heavy atom. The average Bonchev–Trinajstić information content (AvgIpc) is 2.61. The Bertz CT molecular complexity index is 712. The summed E-state index contributed by atoms with van der Waals surface area (Å²) in [6.45, 7) is 8.08. The zero-order valence-electron chi connectivity index (χ0n) is 15.3. The van der Waals surface area contributed by atoms with Crippen LogP contribution in [0.15, 0.2) is 42.5 Å². The molecule has 0 spiro atoms. The normalized spacial score (nSPS) is 13.2. The molecule has 0 aliphatic rings. The summed E-state index contributed by atoms with van der Waals surface area (Å²) < 4.78 is 18.7. The Morgan fingerprint density at radius 2 is 1.72 bits per heavy atom. The van der Waals surface area contributed by atoms with Crippen LogP contribution < -0.4 is 10.1 Å². The quantitative estimate of drug-likeness (QED) is 0.779. The van der Waals surface area contributed by atoms with Crippen molar-refractivity contribution in [3.63, 3.8) is 0 Å². The molecule has 2 aromatic rings. The number of halogens is 1. The molecule has 1 amide bonds. The molecule has 0 aromatic heterocycles. The first-order valence-electron chi connectivity index (χ1n) is 8.74. The largest absolute Gasteiger partial charge is 0.481 e. The molecule has 0 bridgehead atoms. The van der Waals surface area contributed by atoms with Crippen LogP contribution in [-0.2, 0) is 4.79 Å². The second kappa shape index (κ2) is 8.65. The van der Waals surface area contributed by atoms with E-state index in [2.05, 4.69) is 37.4 Å². The second-order valence-electron chi connectivity index (χ2n) is 6.28. The lowest BCUT2D eigenvalue weighted by Crippen LogP contribution is -2.40. The van der Waals surface area contributed by atoms with Crippen molar-refractivity contribution in [2.24, 2.45) is 0 Å². The summed E-state index contributed by atoms with van der Waals surface area (Å²) in [5, 5.41) is 3.07. The molecule has 0 saturated carbocycles. The predicted octanol–water partition coefficient (Wildman–Crippen LogP) is 4.87. The van der Waals surface area contributed by atoms with Gasteiger partial charge < -0.3 is 10.1 Å². The molecule has 25 heavy (non-hydrogen) atoms. The molecule has 3 nitrogen and oxygen atoms in total. The summed E-state index contributed by atoms with van der Waals surface area (Å²) in [7, 11) is 0. The van der Waals surface area contributed by atoms with E-state index in [0.29, 0.717) is 12.2 Å². The van der Waals surface area contributed by atoms with Gasteiger partial charge in [-0.05, 0) is 67.6 Å². The summed E-state index contributed by atoms with van der Waals surface area (Å²) in [6.07, 6.45) is 0.722. The van der Waals surface area contributed by atoms with Crippen LogP contribution in [0.4, 0.5) is 4.39 Å².